The van der Waals surface area contributed by atoms with Crippen LogP contribution < -0.4 is 10.2 Å². The summed E-state index contributed by atoms with van der Waals surface area (Å²) < 4.78 is 0. The molecule has 4 heteroatoms. The lowest BCUT2D eigenvalue weighted by Crippen LogP contribution is -3.08. The van der Waals surface area contributed by atoms with Crippen molar-refractivity contribution in [3.8, 4) is 6.07 Å². The quantitative estimate of drug-likeness (QED) is 0.886. The van der Waals surface area contributed by atoms with Crippen molar-refractivity contribution >= 4 is 11.6 Å². The Morgan fingerprint density at radius 3 is 2.42 bits per heavy atom. The van der Waals surface area contributed by atoms with Gasteiger partial charge in [-0.15, -0.1) is 0 Å². The van der Waals surface area contributed by atoms with Gasteiger partial charge in [0.2, 0.25) is 0 Å². The van der Waals surface area contributed by atoms with Gasteiger partial charge in [0, 0.05) is 11.3 Å². The number of quaternary nitrogens is 1. The fourth-order valence-corrected chi connectivity index (χ4v) is 3.01. The second-order valence-electron chi connectivity index (χ2n) is 6.40. The molecule has 1 atom stereocenters. The predicted molar refractivity (Wildman–Crippen MR) is 95.9 cm³/mol. The number of nitrogens with zero attached hydrogens (tertiary/aromatic N) is 1. The normalized spacial score (nSPS) is 11.6. The van der Waals surface area contributed by atoms with Crippen LogP contribution in [0.15, 0.2) is 36.4 Å². The third-order valence-electron chi connectivity index (χ3n) is 4.03. The fraction of sp³-hybridized carbons (Fsp3) is 0.300. The van der Waals surface area contributed by atoms with Crippen LogP contribution in [0, 0.1) is 32.1 Å². The van der Waals surface area contributed by atoms with E-state index in [-0.39, 0.29) is 5.91 Å². The summed E-state index contributed by atoms with van der Waals surface area (Å²) in [6.07, 6.45) is 0. The van der Waals surface area contributed by atoms with Crippen molar-refractivity contribution in [2.75, 3.05) is 18.9 Å². The van der Waals surface area contributed by atoms with Crippen molar-refractivity contribution in [3.05, 3.63) is 64.2 Å². The number of anilines is 1. The molecule has 124 valence electrons. The van der Waals surface area contributed by atoms with E-state index in [0.717, 1.165) is 27.3 Å². The minimum atomic E-state index is -0.0167. The molecule has 24 heavy (non-hydrogen) atoms. The molecular weight excluding hydrogens is 298 g/mol. The van der Waals surface area contributed by atoms with Crippen LogP contribution in [0.5, 0.6) is 0 Å². The average Bonchev–Trinajstić information content (AvgIpc) is 2.51. The van der Waals surface area contributed by atoms with E-state index >= 15 is 0 Å². The highest BCUT2D eigenvalue weighted by molar-refractivity contribution is 5.93. The first-order valence-corrected chi connectivity index (χ1v) is 8.07. The van der Waals surface area contributed by atoms with Crippen LogP contribution in [0.4, 0.5) is 5.69 Å². The maximum absolute atomic E-state index is 12.4. The van der Waals surface area contributed by atoms with Crippen LogP contribution >= 0.6 is 0 Å². The molecule has 0 saturated carbocycles. The van der Waals surface area contributed by atoms with E-state index in [0.29, 0.717) is 18.7 Å². The lowest BCUT2D eigenvalue weighted by atomic mass is 10.1. The molecule has 1 unspecified atom stereocenters. The van der Waals surface area contributed by atoms with Crippen LogP contribution in [-0.2, 0) is 11.3 Å². The summed E-state index contributed by atoms with van der Waals surface area (Å²) in [4.78, 5) is 13.4. The second kappa shape index (κ2) is 7.76. The van der Waals surface area contributed by atoms with E-state index < -0.39 is 0 Å². The van der Waals surface area contributed by atoms with E-state index in [9.17, 15) is 4.79 Å². The largest absolute Gasteiger partial charge is 0.326 e. The molecule has 0 bridgehead atoms. The summed E-state index contributed by atoms with van der Waals surface area (Å²) in [5.41, 5.74) is 5.88. The Balaban J connectivity index is 2.01. The minimum absolute atomic E-state index is 0.0167. The van der Waals surface area contributed by atoms with Crippen LogP contribution in [0.2, 0.25) is 0 Å². The van der Waals surface area contributed by atoms with E-state index in [1.54, 1.807) is 0 Å². The molecule has 2 N–H and O–H groups in total. The molecule has 0 heterocycles. The van der Waals surface area contributed by atoms with Gasteiger partial charge in [0.1, 0.15) is 6.54 Å². The van der Waals surface area contributed by atoms with Gasteiger partial charge in [-0.3, -0.25) is 4.79 Å². The topological polar surface area (TPSA) is 57.3 Å². The summed E-state index contributed by atoms with van der Waals surface area (Å²) in [5.74, 6) is -0.0167. The average molecular weight is 322 g/mol. The van der Waals surface area contributed by atoms with Gasteiger partial charge in [-0.1, -0.05) is 35.9 Å². The van der Waals surface area contributed by atoms with E-state index in [4.69, 9.17) is 5.26 Å². The third-order valence-corrected chi connectivity index (χ3v) is 4.03. The van der Waals surface area contributed by atoms with Crippen molar-refractivity contribution < 1.29 is 9.69 Å². The molecule has 0 aliphatic heterocycles. The first-order valence-electron chi connectivity index (χ1n) is 8.07. The molecule has 1 amide bonds. The van der Waals surface area contributed by atoms with Crippen LogP contribution in [0.1, 0.15) is 27.8 Å². The number of nitrogens with one attached hydrogen (secondary N) is 2. The number of hydrogen-bond acceptors (Lipinski definition) is 2. The number of hydrogen-bond donors (Lipinski definition) is 2. The summed E-state index contributed by atoms with van der Waals surface area (Å²) in [7, 11) is 1.96. The molecule has 0 radical (unpaired) electrons. The highest BCUT2D eigenvalue weighted by Crippen LogP contribution is 2.21. The summed E-state index contributed by atoms with van der Waals surface area (Å²) in [6.45, 7) is 7.07. The van der Waals surface area contributed by atoms with Gasteiger partial charge in [0.05, 0.1) is 18.7 Å². The SMILES string of the molecule is Cc1cc(C)c(NC(=O)C[NH+](C)Cc2ccccc2C#N)c(C)c1. The molecule has 4 nitrogen and oxygen atoms in total. The van der Waals surface area contributed by atoms with Crippen molar-refractivity contribution in [3.63, 3.8) is 0 Å². The number of aryl methyl sites for hydroxylation is 3. The number of nitriles is 1. The maximum Gasteiger partial charge on any atom is 0.279 e. The molecule has 0 fully saturated rings. The van der Waals surface area contributed by atoms with E-state index in [1.165, 1.54) is 5.56 Å². The van der Waals surface area contributed by atoms with Gasteiger partial charge in [-0.2, -0.15) is 5.26 Å². The molecule has 0 saturated heterocycles. The molecule has 0 aromatic heterocycles. The first-order chi connectivity index (χ1) is 11.4. The molecule has 2 rings (SSSR count). The molecule has 2 aromatic carbocycles. The van der Waals surface area contributed by atoms with Crippen LogP contribution in [-0.4, -0.2) is 19.5 Å². The number of likely N-dealkylation sites (N-methyl/N-ethyl adjacent to an activating group) is 1. The number of benzene rings is 2. The van der Waals surface area contributed by atoms with Crippen molar-refractivity contribution in [2.45, 2.75) is 27.3 Å². The zero-order chi connectivity index (χ0) is 17.7. The fourth-order valence-electron chi connectivity index (χ4n) is 3.01. The molecule has 0 aliphatic carbocycles. The summed E-state index contributed by atoms with van der Waals surface area (Å²) in [5, 5.41) is 12.2. The maximum atomic E-state index is 12.4. The van der Waals surface area contributed by atoms with Gasteiger partial charge in [-0.25, -0.2) is 0 Å². The number of amides is 1. The van der Waals surface area contributed by atoms with Gasteiger partial charge < -0.3 is 10.2 Å². The van der Waals surface area contributed by atoms with Gasteiger partial charge >= 0.3 is 0 Å². The highest BCUT2D eigenvalue weighted by Gasteiger charge is 2.14. The van der Waals surface area contributed by atoms with Crippen molar-refractivity contribution in [1.82, 2.24) is 0 Å². The Hall–Kier alpha value is -2.64. The Bertz CT molecular complexity index is 767. The summed E-state index contributed by atoms with van der Waals surface area (Å²) >= 11 is 0. The molecule has 2 aromatic rings. The van der Waals surface area contributed by atoms with Gasteiger partial charge in [-0.05, 0) is 38.0 Å². The Morgan fingerprint density at radius 1 is 1.17 bits per heavy atom. The third kappa shape index (κ3) is 4.43. The van der Waals surface area contributed by atoms with E-state index in [1.807, 2.05) is 45.2 Å². The van der Waals surface area contributed by atoms with E-state index in [2.05, 4.69) is 30.4 Å². The standard InChI is InChI=1S/C20H23N3O/c1-14-9-15(2)20(16(3)10-14)22-19(24)13-23(4)12-18-8-6-5-7-17(18)11-21/h5-10H,12-13H2,1-4H3,(H,22,24)/p+1. The zero-order valence-corrected chi connectivity index (χ0v) is 14.7. The van der Waals surface area contributed by atoms with Gasteiger partial charge in [0.25, 0.3) is 5.91 Å². The summed E-state index contributed by atoms with van der Waals surface area (Å²) in [6, 6.07) is 13.9. The number of carbonyl (C=O) groups excluding carboxylic acids is 1. The van der Waals surface area contributed by atoms with Crippen molar-refractivity contribution in [2.24, 2.45) is 0 Å². The second-order valence-corrected chi connectivity index (χ2v) is 6.40. The number of rotatable bonds is 5. The highest BCUT2D eigenvalue weighted by atomic mass is 16.2. The predicted octanol–water partition coefficient (Wildman–Crippen LogP) is 2.14. The lowest BCUT2D eigenvalue weighted by molar-refractivity contribution is -0.885. The minimum Gasteiger partial charge on any atom is -0.326 e. The Kier molecular flexibility index (Phi) is 5.73. The number of carbonyl (C=O) groups is 1. The Labute approximate surface area is 143 Å². The molecule has 0 aliphatic rings. The molecule has 0 spiro atoms. The lowest BCUT2D eigenvalue weighted by Gasteiger charge is -2.16. The zero-order valence-electron chi connectivity index (χ0n) is 14.7. The molecular formula is C20H24N3O+. The monoisotopic (exact) mass is 322 g/mol. The van der Waals surface area contributed by atoms with Crippen molar-refractivity contribution in [1.29, 1.82) is 5.26 Å². The van der Waals surface area contributed by atoms with Crippen LogP contribution in [0.25, 0.3) is 0 Å². The Morgan fingerprint density at radius 2 is 1.79 bits per heavy atom. The smallest absolute Gasteiger partial charge is 0.279 e. The van der Waals surface area contributed by atoms with Gasteiger partial charge in [0.15, 0.2) is 6.54 Å². The first kappa shape index (κ1) is 17.7. The van der Waals surface area contributed by atoms with Crippen LogP contribution in [0.3, 0.4) is 0 Å².